The van der Waals surface area contributed by atoms with E-state index in [1.54, 1.807) is 32.0 Å². The molecular formula is C13H14N2O3. The van der Waals surface area contributed by atoms with Crippen LogP contribution >= 0.6 is 0 Å². The summed E-state index contributed by atoms with van der Waals surface area (Å²) in [7, 11) is 1.29. The molecule has 1 aromatic heterocycles. The molecule has 0 aliphatic rings. The Kier molecular flexibility index (Phi) is 2.90. The van der Waals surface area contributed by atoms with E-state index in [0.717, 1.165) is 0 Å². The van der Waals surface area contributed by atoms with Gasteiger partial charge in [-0.15, -0.1) is 0 Å². The van der Waals surface area contributed by atoms with Crippen molar-refractivity contribution in [2.45, 2.75) is 19.3 Å². The molecule has 5 heteroatoms. The molecule has 0 aliphatic carbocycles. The molecule has 0 bridgehead atoms. The second-order valence-corrected chi connectivity index (χ2v) is 4.56. The topological polar surface area (TPSA) is 72.0 Å². The molecule has 0 radical (unpaired) electrons. The van der Waals surface area contributed by atoms with Crippen LogP contribution in [-0.4, -0.2) is 23.3 Å². The van der Waals surface area contributed by atoms with E-state index in [1.165, 1.54) is 7.11 Å². The molecule has 94 valence electrons. The van der Waals surface area contributed by atoms with E-state index in [4.69, 9.17) is 4.74 Å². The third-order valence-corrected chi connectivity index (χ3v) is 2.96. The minimum Gasteiger partial charge on any atom is -0.468 e. The van der Waals surface area contributed by atoms with Crippen molar-refractivity contribution >= 4 is 16.9 Å². The molecule has 1 N–H and O–H groups in total. The average molecular weight is 246 g/mol. The zero-order valence-corrected chi connectivity index (χ0v) is 10.5. The standard InChI is InChI=1S/C13H14N2O3/c1-13(2,12(17)18-3)11-10(16)8-6-4-5-7-9(8)14-15-11/h4-7H,1-3H3,(H,14,16). The highest BCUT2D eigenvalue weighted by Crippen LogP contribution is 2.20. The number of carbonyl (C=O) groups excluding carboxylic acids is 1. The summed E-state index contributed by atoms with van der Waals surface area (Å²) in [5, 5.41) is 7.31. The molecule has 0 fully saturated rings. The smallest absolute Gasteiger partial charge is 0.317 e. The third kappa shape index (κ3) is 1.77. The van der Waals surface area contributed by atoms with Crippen molar-refractivity contribution in [2.24, 2.45) is 0 Å². The molecule has 0 saturated carbocycles. The van der Waals surface area contributed by atoms with Gasteiger partial charge < -0.3 is 4.74 Å². The second-order valence-electron chi connectivity index (χ2n) is 4.56. The molecule has 0 saturated heterocycles. The number of ether oxygens (including phenoxy) is 1. The number of para-hydroxylation sites is 1. The number of H-pyrrole nitrogens is 1. The Balaban J connectivity index is 2.70. The summed E-state index contributed by atoms with van der Waals surface area (Å²) < 4.78 is 4.70. The van der Waals surface area contributed by atoms with Crippen LogP contribution in [0, 0.1) is 0 Å². The second kappa shape index (κ2) is 4.25. The Morgan fingerprint density at radius 1 is 1.33 bits per heavy atom. The van der Waals surface area contributed by atoms with Gasteiger partial charge in [-0.05, 0) is 26.0 Å². The van der Waals surface area contributed by atoms with Crippen molar-refractivity contribution in [2.75, 3.05) is 7.11 Å². The molecule has 1 heterocycles. The first-order chi connectivity index (χ1) is 8.48. The first kappa shape index (κ1) is 12.3. The van der Waals surface area contributed by atoms with Crippen LogP contribution in [0.25, 0.3) is 10.9 Å². The van der Waals surface area contributed by atoms with E-state index < -0.39 is 11.4 Å². The average Bonchev–Trinajstić information content (AvgIpc) is 2.38. The molecular weight excluding hydrogens is 232 g/mol. The predicted molar refractivity (Wildman–Crippen MR) is 67.4 cm³/mol. The molecule has 2 aromatic rings. The number of methoxy groups -OCH3 is 1. The number of rotatable bonds is 2. The highest BCUT2D eigenvalue weighted by atomic mass is 16.5. The predicted octanol–water partition coefficient (Wildman–Crippen LogP) is 1.37. The maximum absolute atomic E-state index is 12.3. The van der Waals surface area contributed by atoms with E-state index in [9.17, 15) is 9.59 Å². The van der Waals surface area contributed by atoms with Gasteiger partial charge in [-0.25, -0.2) is 0 Å². The van der Waals surface area contributed by atoms with E-state index in [2.05, 4.69) is 10.2 Å². The zero-order valence-electron chi connectivity index (χ0n) is 10.5. The summed E-state index contributed by atoms with van der Waals surface area (Å²) >= 11 is 0. The summed E-state index contributed by atoms with van der Waals surface area (Å²) in [5.74, 6) is -0.490. The van der Waals surface area contributed by atoms with Crippen LogP contribution in [0.1, 0.15) is 19.5 Å². The van der Waals surface area contributed by atoms with E-state index >= 15 is 0 Å². The van der Waals surface area contributed by atoms with Gasteiger partial charge in [0.1, 0.15) is 11.1 Å². The van der Waals surface area contributed by atoms with Gasteiger partial charge in [-0.2, -0.15) is 5.10 Å². The van der Waals surface area contributed by atoms with Crippen molar-refractivity contribution in [3.63, 3.8) is 0 Å². The number of nitrogens with one attached hydrogen (secondary N) is 1. The number of hydrogen-bond acceptors (Lipinski definition) is 4. The monoisotopic (exact) mass is 246 g/mol. The summed E-state index contributed by atoms with van der Waals surface area (Å²) in [6.45, 7) is 3.23. The number of benzene rings is 1. The van der Waals surface area contributed by atoms with Crippen LogP contribution in [0.3, 0.4) is 0 Å². The fraction of sp³-hybridized carbons (Fsp3) is 0.308. The van der Waals surface area contributed by atoms with Gasteiger partial charge in [-0.1, -0.05) is 12.1 Å². The molecule has 0 atom stereocenters. The van der Waals surface area contributed by atoms with Crippen LogP contribution in [0.4, 0.5) is 0 Å². The normalized spacial score (nSPS) is 11.5. The molecule has 18 heavy (non-hydrogen) atoms. The first-order valence-corrected chi connectivity index (χ1v) is 5.55. The minimum atomic E-state index is -1.08. The first-order valence-electron chi connectivity index (χ1n) is 5.55. The Morgan fingerprint density at radius 3 is 2.67 bits per heavy atom. The van der Waals surface area contributed by atoms with Crippen molar-refractivity contribution < 1.29 is 9.53 Å². The summed E-state index contributed by atoms with van der Waals surface area (Å²) in [4.78, 5) is 24.0. The van der Waals surface area contributed by atoms with Crippen molar-refractivity contribution in [3.8, 4) is 0 Å². The highest BCUT2D eigenvalue weighted by Gasteiger charge is 2.35. The lowest BCUT2D eigenvalue weighted by atomic mass is 9.88. The fourth-order valence-corrected chi connectivity index (χ4v) is 1.85. The number of aromatic amines is 1. The molecule has 5 nitrogen and oxygen atoms in total. The molecule has 0 spiro atoms. The Bertz CT molecular complexity index is 659. The Morgan fingerprint density at radius 2 is 2.00 bits per heavy atom. The number of nitrogens with zero attached hydrogens (tertiary/aromatic N) is 1. The number of esters is 1. The number of fused-ring (bicyclic) bond motifs is 1. The molecule has 0 unspecified atom stereocenters. The lowest BCUT2D eigenvalue weighted by Crippen LogP contribution is -2.36. The quantitative estimate of drug-likeness (QED) is 0.812. The molecule has 0 amide bonds. The van der Waals surface area contributed by atoms with Crippen molar-refractivity contribution in [3.05, 3.63) is 40.2 Å². The van der Waals surface area contributed by atoms with Crippen LogP contribution in [0.5, 0.6) is 0 Å². The van der Waals surface area contributed by atoms with Gasteiger partial charge in [0, 0.05) is 5.39 Å². The lowest BCUT2D eigenvalue weighted by Gasteiger charge is -2.19. The minimum absolute atomic E-state index is 0.160. The largest absolute Gasteiger partial charge is 0.468 e. The van der Waals surface area contributed by atoms with Gasteiger partial charge in [0.05, 0.1) is 12.6 Å². The van der Waals surface area contributed by atoms with E-state index in [0.29, 0.717) is 10.9 Å². The SMILES string of the molecule is COC(=O)C(C)(C)c1n[nH]c2ccccc2c1=O. The molecule has 0 aliphatic heterocycles. The van der Waals surface area contributed by atoms with Crippen LogP contribution in [0.15, 0.2) is 29.1 Å². The Labute approximate surface area is 104 Å². The fourth-order valence-electron chi connectivity index (χ4n) is 1.85. The molecule has 2 rings (SSSR count). The number of hydrogen-bond donors (Lipinski definition) is 1. The summed E-state index contributed by atoms with van der Waals surface area (Å²) in [5.41, 5.74) is -0.522. The van der Waals surface area contributed by atoms with Gasteiger partial charge in [0.15, 0.2) is 0 Å². The summed E-state index contributed by atoms with van der Waals surface area (Å²) in [6.07, 6.45) is 0. The van der Waals surface area contributed by atoms with Gasteiger partial charge in [0.25, 0.3) is 0 Å². The maximum atomic E-state index is 12.3. The summed E-state index contributed by atoms with van der Waals surface area (Å²) in [6, 6.07) is 7.04. The van der Waals surface area contributed by atoms with Gasteiger partial charge >= 0.3 is 5.97 Å². The zero-order chi connectivity index (χ0) is 13.3. The maximum Gasteiger partial charge on any atom is 0.317 e. The van der Waals surface area contributed by atoms with Crippen molar-refractivity contribution in [1.29, 1.82) is 0 Å². The van der Waals surface area contributed by atoms with Gasteiger partial charge in [0.2, 0.25) is 5.43 Å². The van der Waals surface area contributed by atoms with E-state index in [1.807, 2.05) is 6.07 Å². The van der Waals surface area contributed by atoms with Gasteiger partial charge in [-0.3, -0.25) is 14.7 Å². The van der Waals surface area contributed by atoms with Crippen molar-refractivity contribution in [1.82, 2.24) is 10.2 Å². The van der Waals surface area contributed by atoms with Crippen LogP contribution in [-0.2, 0) is 14.9 Å². The van der Waals surface area contributed by atoms with E-state index in [-0.39, 0.29) is 11.1 Å². The van der Waals surface area contributed by atoms with Crippen LogP contribution in [0.2, 0.25) is 0 Å². The number of aromatic nitrogens is 2. The molecule has 1 aromatic carbocycles. The Hall–Kier alpha value is -2.17. The lowest BCUT2D eigenvalue weighted by molar-refractivity contribution is -0.146. The third-order valence-electron chi connectivity index (χ3n) is 2.96. The number of carbonyl (C=O) groups is 1. The highest BCUT2D eigenvalue weighted by molar-refractivity contribution is 5.84. The van der Waals surface area contributed by atoms with Crippen LogP contribution < -0.4 is 5.43 Å².